The summed E-state index contributed by atoms with van der Waals surface area (Å²) in [5.41, 5.74) is 1.17. The van der Waals surface area contributed by atoms with E-state index in [9.17, 15) is 0 Å². The zero-order chi connectivity index (χ0) is 14.0. The van der Waals surface area contributed by atoms with Gasteiger partial charge in [0.25, 0.3) is 0 Å². The first-order chi connectivity index (χ1) is 9.10. The molecule has 2 heterocycles. The highest BCUT2D eigenvalue weighted by atomic mass is 16.5. The topological polar surface area (TPSA) is 52.0 Å². The Morgan fingerprint density at radius 2 is 2.11 bits per heavy atom. The number of hydrogen-bond donors (Lipinski definition) is 1. The summed E-state index contributed by atoms with van der Waals surface area (Å²) in [4.78, 5) is 0. The zero-order valence-corrected chi connectivity index (χ0v) is 12.6. The summed E-state index contributed by atoms with van der Waals surface area (Å²) in [6, 6.07) is 0.247. The van der Waals surface area contributed by atoms with Crippen molar-refractivity contribution in [1.82, 2.24) is 20.3 Å². The van der Waals surface area contributed by atoms with E-state index >= 15 is 0 Å². The van der Waals surface area contributed by atoms with Gasteiger partial charge in [0.15, 0.2) is 0 Å². The molecule has 0 amide bonds. The average molecular weight is 266 g/mol. The SMILES string of the molecule is CCCn1nncc1C(NC)C1C(C)OC(C)C1C. The molecule has 5 atom stereocenters. The predicted molar refractivity (Wildman–Crippen MR) is 74.8 cm³/mol. The highest BCUT2D eigenvalue weighted by molar-refractivity contribution is 5.08. The smallest absolute Gasteiger partial charge is 0.0760 e. The molecule has 108 valence electrons. The zero-order valence-electron chi connectivity index (χ0n) is 12.6. The Morgan fingerprint density at radius 3 is 2.63 bits per heavy atom. The fraction of sp³-hybridized carbons (Fsp3) is 0.857. The first-order valence-electron chi connectivity index (χ1n) is 7.31. The summed E-state index contributed by atoms with van der Waals surface area (Å²) < 4.78 is 7.99. The van der Waals surface area contributed by atoms with Gasteiger partial charge in [0, 0.05) is 12.5 Å². The minimum atomic E-state index is 0.247. The number of rotatable bonds is 5. The van der Waals surface area contributed by atoms with Gasteiger partial charge in [0.1, 0.15) is 0 Å². The molecule has 0 saturated carbocycles. The maximum Gasteiger partial charge on any atom is 0.0760 e. The summed E-state index contributed by atoms with van der Waals surface area (Å²) in [5.74, 6) is 0.978. The number of hydrogen-bond acceptors (Lipinski definition) is 4. The van der Waals surface area contributed by atoms with Crippen molar-refractivity contribution in [3.63, 3.8) is 0 Å². The van der Waals surface area contributed by atoms with Crippen LogP contribution >= 0.6 is 0 Å². The molecular weight excluding hydrogens is 240 g/mol. The minimum Gasteiger partial charge on any atom is -0.375 e. The second-order valence-electron chi connectivity index (χ2n) is 5.63. The first kappa shape index (κ1) is 14.5. The van der Waals surface area contributed by atoms with E-state index in [4.69, 9.17) is 4.74 Å². The molecule has 0 bridgehead atoms. The number of aromatic nitrogens is 3. The lowest BCUT2D eigenvalue weighted by atomic mass is 9.82. The van der Waals surface area contributed by atoms with Gasteiger partial charge in [-0.05, 0) is 33.2 Å². The lowest BCUT2D eigenvalue weighted by Gasteiger charge is -2.28. The molecule has 1 aliphatic rings. The quantitative estimate of drug-likeness (QED) is 0.885. The third kappa shape index (κ3) is 2.67. The van der Waals surface area contributed by atoms with Gasteiger partial charge in [-0.15, -0.1) is 5.10 Å². The largest absolute Gasteiger partial charge is 0.375 e. The molecule has 5 unspecified atom stereocenters. The van der Waals surface area contributed by atoms with Gasteiger partial charge < -0.3 is 10.1 Å². The van der Waals surface area contributed by atoms with Crippen LogP contribution in [0.1, 0.15) is 45.9 Å². The van der Waals surface area contributed by atoms with Gasteiger partial charge in [-0.25, -0.2) is 4.68 Å². The molecule has 0 spiro atoms. The van der Waals surface area contributed by atoms with Crippen LogP contribution in [0.4, 0.5) is 0 Å². The Hall–Kier alpha value is -0.940. The van der Waals surface area contributed by atoms with Gasteiger partial charge in [-0.3, -0.25) is 0 Å². The first-order valence-corrected chi connectivity index (χ1v) is 7.31. The van der Waals surface area contributed by atoms with Crippen LogP contribution in [-0.4, -0.2) is 34.2 Å². The van der Waals surface area contributed by atoms with Crippen LogP contribution in [0, 0.1) is 11.8 Å². The Morgan fingerprint density at radius 1 is 1.37 bits per heavy atom. The Kier molecular flexibility index (Phi) is 4.58. The van der Waals surface area contributed by atoms with Crippen LogP contribution in [0.3, 0.4) is 0 Å². The van der Waals surface area contributed by atoms with Crippen LogP contribution in [-0.2, 0) is 11.3 Å². The van der Waals surface area contributed by atoms with E-state index in [0.29, 0.717) is 17.9 Å². The molecule has 0 aliphatic carbocycles. The number of aryl methyl sites for hydroxylation is 1. The predicted octanol–water partition coefficient (Wildman–Crippen LogP) is 2.01. The van der Waals surface area contributed by atoms with Gasteiger partial charge in [-0.2, -0.15) is 0 Å². The molecule has 1 aromatic rings. The summed E-state index contributed by atoms with van der Waals surface area (Å²) in [6.45, 7) is 9.68. The van der Waals surface area contributed by atoms with Crippen LogP contribution in [0.15, 0.2) is 6.20 Å². The van der Waals surface area contributed by atoms with Crippen molar-refractivity contribution in [2.75, 3.05) is 7.05 Å². The van der Waals surface area contributed by atoms with E-state index in [2.05, 4.69) is 43.3 Å². The van der Waals surface area contributed by atoms with Crippen LogP contribution < -0.4 is 5.32 Å². The third-order valence-corrected chi connectivity index (χ3v) is 4.42. The van der Waals surface area contributed by atoms with Crippen molar-refractivity contribution in [2.45, 2.75) is 58.9 Å². The summed E-state index contributed by atoms with van der Waals surface area (Å²) in [7, 11) is 2.01. The third-order valence-electron chi connectivity index (χ3n) is 4.42. The Bertz CT molecular complexity index is 406. The molecule has 1 aliphatic heterocycles. The summed E-state index contributed by atoms with van der Waals surface area (Å²) in [6.07, 6.45) is 3.52. The summed E-state index contributed by atoms with van der Waals surface area (Å²) in [5, 5.41) is 11.7. The molecule has 5 nitrogen and oxygen atoms in total. The number of nitrogens with zero attached hydrogens (tertiary/aromatic N) is 3. The second-order valence-corrected chi connectivity index (χ2v) is 5.63. The highest BCUT2D eigenvalue weighted by Crippen LogP contribution is 2.40. The normalized spacial score (nSPS) is 32.7. The van der Waals surface area contributed by atoms with Crippen molar-refractivity contribution in [3.05, 3.63) is 11.9 Å². The van der Waals surface area contributed by atoms with E-state index < -0.39 is 0 Å². The number of ether oxygens (including phenoxy) is 1. The van der Waals surface area contributed by atoms with Crippen LogP contribution in [0.5, 0.6) is 0 Å². The summed E-state index contributed by atoms with van der Waals surface area (Å²) >= 11 is 0. The molecule has 19 heavy (non-hydrogen) atoms. The number of nitrogens with one attached hydrogen (secondary N) is 1. The second kappa shape index (κ2) is 6.01. The van der Waals surface area contributed by atoms with E-state index in [1.165, 1.54) is 5.69 Å². The standard InChI is InChI=1S/C14H26N4O/c1-6-7-18-12(8-16-17-18)14(15-5)13-9(2)10(3)19-11(13)4/h8-11,13-15H,6-7H2,1-5H3. The van der Waals surface area contributed by atoms with Gasteiger partial charge >= 0.3 is 0 Å². The lowest BCUT2D eigenvalue weighted by Crippen LogP contribution is -2.34. The van der Waals surface area contributed by atoms with E-state index in [0.717, 1.165) is 13.0 Å². The molecule has 1 N–H and O–H groups in total. The highest BCUT2D eigenvalue weighted by Gasteiger charge is 2.42. The molecule has 1 saturated heterocycles. The lowest BCUT2D eigenvalue weighted by molar-refractivity contribution is 0.0474. The fourth-order valence-electron chi connectivity index (χ4n) is 3.30. The molecule has 2 rings (SSSR count). The van der Waals surface area contributed by atoms with Crippen molar-refractivity contribution in [3.8, 4) is 0 Å². The molecular formula is C14H26N4O. The van der Waals surface area contributed by atoms with Crippen LogP contribution in [0.25, 0.3) is 0 Å². The van der Waals surface area contributed by atoms with E-state index in [1.54, 1.807) is 0 Å². The van der Waals surface area contributed by atoms with Gasteiger partial charge in [-0.1, -0.05) is 19.1 Å². The maximum absolute atomic E-state index is 5.98. The molecule has 1 aromatic heterocycles. The van der Waals surface area contributed by atoms with Crippen molar-refractivity contribution in [2.24, 2.45) is 11.8 Å². The van der Waals surface area contributed by atoms with Gasteiger partial charge in [0.2, 0.25) is 0 Å². The average Bonchev–Trinajstić information content (AvgIpc) is 2.91. The van der Waals surface area contributed by atoms with Gasteiger partial charge in [0.05, 0.1) is 30.1 Å². The van der Waals surface area contributed by atoms with Crippen molar-refractivity contribution >= 4 is 0 Å². The Balaban J connectivity index is 2.26. The molecule has 5 heteroatoms. The minimum absolute atomic E-state index is 0.247. The monoisotopic (exact) mass is 266 g/mol. The molecule has 0 radical (unpaired) electrons. The van der Waals surface area contributed by atoms with Crippen molar-refractivity contribution < 1.29 is 4.74 Å². The van der Waals surface area contributed by atoms with E-state index in [1.807, 2.05) is 17.9 Å². The van der Waals surface area contributed by atoms with Crippen LogP contribution in [0.2, 0.25) is 0 Å². The Labute approximate surface area is 115 Å². The van der Waals surface area contributed by atoms with E-state index in [-0.39, 0.29) is 12.1 Å². The fourth-order valence-corrected chi connectivity index (χ4v) is 3.30. The maximum atomic E-state index is 5.98. The van der Waals surface area contributed by atoms with Crippen molar-refractivity contribution in [1.29, 1.82) is 0 Å². The molecule has 1 fully saturated rings. The molecule has 0 aromatic carbocycles.